The van der Waals surface area contributed by atoms with E-state index >= 15 is 0 Å². The highest BCUT2D eigenvalue weighted by Gasteiger charge is 2.55. The van der Waals surface area contributed by atoms with Crippen LogP contribution >= 0.6 is 0 Å². The van der Waals surface area contributed by atoms with Crippen LogP contribution in [0.1, 0.15) is 108 Å². The highest BCUT2D eigenvalue weighted by molar-refractivity contribution is 5.06. The highest BCUT2D eigenvalue weighted by atomic mass is 16.3. The van der Waals surface area contributed by atoms with Gasteiger partial charge in [-0.2, -0.15) is 0 Å². The molecule has 1 heteroatoms. The Morgan fingerprint density at radius 2 is 1.26 bits per heavy atom. The minimum Gasteiger partial charge on any atom is -0.389 e. The Hall–Kier alpha value is -0.0400. The van der Waals surface area contributed by atoms with Gasteiger partial charge in [0.25, 0.3) is 0 Å². The second-order valence-electron chi connectivity index (χ2n) is 12.1. The summed E-state index contributed by atoms with van der Waals surface area (Å²) in [5.41, 5.74) is 0.118. The number of hydrogen-bond donors (Lipinski definition) is 1. The molecule has 0 aromatic rings. The molecule has 1 saturated carbocycles. The fourth-order valence-corrected chi connectivity index (χ4v) is 5.97. The van der Waals surface area contributed by atoms with Gasteiger partial charge in [0.05, 0.1) is 5.60 Å². The first-order valence-electron chi connectivity index (χ1n) is 9.73. The van der Waals surface area contributed by atoms with Crippen molar-refractivity contribution in [3.63, 3.8) is 0 Å². The molecule has 138 valence electrons. The summed E-state index contributed by atoms with van der Waals surface area (Å²) >= 11 is 0. The van der Waals surface area contributed by atoms with Crippen molar-refractivity contribution < 1.29 is 5.11 Å². The predicted molar refractivity (Wildman–Crippen MR) is 103 cm³/mol. The number of aliphatic hydroxyl groups is 1. The van der Waals surface area contributed by atoms with Crippen LogP contribution in [0, 0.1) is 27.6 Å². The number of rotatable bonds is 4. The molecule has 0 spiro atoms. The molecule has 0 saturated heterocycles. The van der Waals surface area contributed by atoms with Crippen LogP contribution in [0.4, 0.5) is 0 Å². The lowest BCUT2D eigenvalue weighted by Gasteiger charge is -2.57. The molecule has 0 aromatic carbocycles. The highest BCUT2D eigenvalue weighted by Crippen LogP contribution is 2.57. The lowest BCUT2D eigenvalue weighted by molar-refractivity contribution is -0.179. The summed E-state index contributed by atoms with van der Waals surface area (Å²) in [5, 5.41) is 12.0. The molecule has 1 aliphatic carbocycles. The molecule has 0 aliphatic heterocycles. The zero-order valence-electron chi connectivity index (χ0n) is 17.8. The summed E-state index contributed by atoms with van der Waals surface area (Å²) < 4.78 is 0. The van der Waals surface area contributed by atoms with Crippen LogP contribution in [0.3, 0.4) is 0 Å². The third kappa shape index (κ3) is 5.21. The monoisotopic (exact) mass is 324 g/mol. The van der Waals surface area contributed by atoms with E-state index in [1.54, 1.807) is 0 Å². The fourth-order valence-electron chi connectivity index (χ4n) is 5.97. The van der Waals surface area contributed by atoms with Gasteiger partial charge >= 0.3 is 0 Å². The second kappa shape index (κ2) is 6.36. The standard InChI is InChI=1S/C22H44O/c1-18(2,3)15-20(7,8)17-13-11-12-14-22(17,23)21(9,10)16-19(4,5)6/h17,23H,11-16H2,1-10H3. The Morgan fingerprint density at radius 3 is 1.70 bits per heavy atom. The van der Waals surface area contributed by atoms with E-state index < -0.39 is 5.60 Å². The Kier molecular flexibility index (Phi) is 5.80. The van der Waals surface area contributed by atoms with E-state index in [4.69, 9.17) is 0 Å². The molecule has 0 heterocycles. The van der Waals surface area contributed by atoms with E-state index in [1.807, 2.05) is 0 Å². The molecule has 0 aromatic heterocycles. The van der Waals surface area contributed by atoms with Gasteiger partial charge in [-0.25, -0.2) is 0 Å². The van der Waals surface area contributed by atoms with Crippen molar-refractivity contribution in [2.75, 3.05) is 0 Å². The Labute approximate surface area is 146 Å². The van der Waals surface area contributed by atoms with Crippen LogP contribution in [0.2, 0.25) is 0 Å². The average Bonchev–Trinajstić information content (AvgIpc) is 2.22. The largest absolute Gasteiger partial charge is 0.389 e. The maximum Gasteiger partial charge on any atom is 0.0731 e. The molecule has 1 rings (SSSR count). The summed E-state index contributed by atoms with van der Waals surface area (Å²) in [6, 6.07) is 0. The molecule has 23 heavy (non-hydrogen) atoms. The average molecular weight is 325 g/mol. The van der Waals surface area contributed by atoms with Crippen molar-refractivity contribution in [1.82, 2.24) is 0 Å². The fraction of sp³-hybridized carbons (Fsp3) is 1.00. The van der Waals surface area contributed by atoms with Crippen molar-refractivity contribution in [2.24, 2.45) is 27.6 Å². The van der Waals surface area contributed by atoms with E-state index in [0.29, 0.717) is 11.3 Å². The first-order valence-corrected chi connectivity index (χ1v) is 9.73. The van der Waals surface area contributed by atoms with Gasteiger partial charge < -0.3 is 5.11 Å². The Bertz CT molecular complexity index is 391. The van der Waals surface area contributed by atoms with E-state index in [-0.39, 0.29) is 16.2 Å². The smallest absolute Gasteiger partial charge is 0.0731 e. The molecule has 0 radical (unpaired) electrons. The van der Waals surface area contributed by atoms with Crippen molar-refractivity contribution in [1.29, 1.82) is 0 Å². The summed E-state index contributed by atoms with van der Waals surface area (Å²) in [7, 11) is 0. The van der Waals surface area contributed by atoms with Gasteiger partial charge in [-0.1, -0.05) is 82.1 Å². The summed E-state index contributed by atoms with van der Waals surface area (Å²) in [5.74, 6) is 0.389. The summed E-state index contributed by atoms with van der Waals surface area (Å²) in [6.45, 7) is 23.3. The quantitative estimate of drug-likeness (QED) is 0.600. The van der Waals surface area contributed by atoms with Crippen molar-refractivity contribution in [3.05, 3.63) is 0 Å². The maximum atomic E-state index is 12.0. The normalized spacial score (nSPS) is 28.0. The van der Waals surface area contributed by atoms with Crippen LogP contribution in [-0.2, 0) is 0 Å². The van der Waals surface area contributed by atoms with Crippen molar-refractivity contribution in [3.8, 4) is 0 Å². The van der Waals surface area contributed by atoms with Crippen molar-refractivity contribution >= 4 is 0 Å². The van der Waals surface area contributed by atoms with Crippen LogP contribution in [0.5, 0.6) is 0 Å². The molecule has 1 aliphatic rings. The van der Waals surface area contributed by atoms with Crippen LogP contribution in [0.25, 0.3) is 0 Å². The van der Waals surface area contributed by atoms with E-state index in [2.05, 4.69) is 69.2 Å². The lowest BCUT2D eigenvalue weighted by atomic mass is 9.51. The molecule has 0 amide bonds. The van der Waals surface area contributed by atoms with Crippen LogP contribution in [0.15, 0.2) is 0 Å². The van der Waals surface area contributed by atoms with E-state index in [1.165, 1.54) is 25.7 Å². The predicted octanol–water partition coefficient (Wildman–Crippen LogP) is 6.83. The first-order chi connectivity index (χ1) is 10.0. The van der Waals surface area contributed by atoms with Gasteiger partial charge in [-0.05, 0) is 53.3 Å². The third-order valence-corrected chi connectivity index (χ3v) is 5.95. The Balaban J connectivity index is 3.18. The van der Waals surface area contributed by atoms with Gasteiger partial charge in [-0.15, -0.1) is 0 Å². The maximum absolute atomic E-state index is 12.0. The summed E-state index contributed by atoms with van der Waals surface area (Å²) in [4.78, 5) is 0. The van der Waals surface area contributed by atoms with Gasteiger partial charge in [0, 0.05) is 0 Å². The third-order valence-electron chi connectivity index (χ3n) is 5.95. The van der Waals surface area contributed by atoms with Crippen LogP contribution < -0.4 is 0 Å². The van der Waals surface area contributed by atoms with Gasteiger partial charge in [0.2, 0.25) is 0 Å². The van der Waals surface area contributed by atoms with E-state index in [9.17, 15) is 5.11 Å². The molecule has 2 unspecified atom stereocenters. The van der Waals surface area contributed by atoms with Gasteiger partial charge in [-0.3, -0.25) is 0 Å². The molecular formula is C22H44O. The van der Waals surface area contributed by atoms with Crippen molar-refractivity contribution in [2.45, 2.75) is 113 Å². The second-order valence-corrected chi connectivity index (χ2v) is 12.1. The lowest BCUT2D eigenvalue weighted by Crippen LogP contribution is -2.58. The molecule has 1 N–H and O–H groups in total. The topological polar surface area (TPSA) is 20.2 Å². The molecule has 0 bridgehead atoms. The molecule has 2 atom stereocenters. The first kappa shape index (κ1) is 21.0. The SMILES string of the molecule is CC(C)(C)CC(C)(C)C1CCCCC1(O)C(C)(C)CC(C)(C)C. The van der Waals surface area contributed by atoms with E-state index in [0.717, 1.165) is 12.8 Å². The zero-order valence-corrected chi connectivity index (χ0v) is 17.8. The van der Waals surface area contributed by atoms with Gasteiger partial charge in [0.15, 0.2) is 0 Å². The molecule has 1 fully saturated rings. The Morgan fingerprint density at radius 1 is 0.783 bits per heavy atom. The minimum absolute atomic E-state index is 0.0501. The summed E-state index contributed by atoms with van der Waals surface area (Å²) in [6.07, 6.45) is 6.82. The minimum atomic E-state index is -0.548. The number of hydrogen-bond acceptors (Lipinski definition) is 1. The molecular weight excluding hydrogens is 280 g/mol. The van der Waals surface area contributed by atoms with Crippen LogP contribution in [-0.4, -0.2) is 10.7 Å². The van der Waals surface area contributed by atoms with Gasteiger partial charge in [0.1, 0.15) is 0 Å². The molecule has 1 nitrogen and oxygen atoms in total. The zero-order chi connectivity index (χ0) is 18.3.